The average molecular weight is 176 g/mol. The number of phenols is 1. The predicted octanol–water partition coefficient (Wildman–Crippen LogP) is 1.76. The first-order valence-electron chi connectivity index (χ1n) is 4.63. The number of benzene rings is 1. The Kier molecular flexibility index (Phi) is 1.14. The van der Waals surface area contributed by atoms with Gasteiger partial charge in [-0.1, -0.05) is 6.07 Å². The van der Waals surface area contributed by atoms with Crippen molar-refractivity contribution < 1.29 is 5.11 Å². The molecule has 1 heterocycles. The van der Waals surface area contributed by atoms with Crippen molar-refractivity contribution in [1.82, 2.24) is 0 Å². The summed E-state index contributed by atoms with van der Waals surface area (Å²) in [4.78, 5) is 0. The number of phenolic OH excluding ortho intramolecular Hbond substituents is 1. The summed E-state index contributed by atoms with van der Waals surface area (Å²) in [6.45, 7) is 0.928. The maximum atomic E-state index is 9.54. The van der Waals surface area contributed by atoms with Crippen molar-refractivity contribution in [3.63, 3.8) is 0 Å². The van der Waals surface area contributed by atoms with Gasteiger partial charge in [-0.2, -0.15) is 0 Å². The summed E-state index contributed by atoms with van der Waals surface area (Å²) >= 11 is 0. The summed E-state index contributed by atoms with van der Waals surface area (Å²) in [7, 11) is 0. The molecule has 13 heavy (non-hydrogen) atoms. The summed E-state index contributed by atoms with van der Waals surface area (Å²) < 4.78 is 0. The normalized spacial score (nSPS) is 21.5. The van der Waals surface area contributed by atoms with Crippen LogP contribution in [0.2, 0.25) is 0 Å². The molecule has 1 aliphatic heterocycles. The molecule has 2 aliphatic rings. The summed E-state index contributed by atoms with van der Waals surface area (Å²) in [6.07, 6.45) is 2.46. The van der Waals surface area contributed by atoms with Crippen molar-refractivity contribution >= 4 is 11.4 Å². The highest BCUT2D eigenvalue weighted by Gasteiger charge is 2.45. The lowest BCUT2D eigenvalue weighted by Crippen LogP contribution is -2.34. The molecule has 0 unspecified atom stereocenters. The molecule has 3 heteroatoms. The number of fused-ring (bicyclic) bond motifs is 1. The molecular weight excluding hydrogens is 164 g/mol. The van der Waals surface area contributed by atoms with Crippen molar-refractivity contribution in [3.8, 4) is 5.75 Å². The van der Waals surface area contributed by atoms with Crippen molar-refractivity contribution in [2.45, 2.75) is 18.4 Å². The van der Waals surface area contributed by atoms with Crippen molar-refractivity contribution in [1.29, 1.82) is 0 Å². The highest BCUT2D eigenvalue weighted by Crippen LogP contribution is 2.46. The van der Waals surface area contributed by atoms with E-state index < -0.39 is 0 Å². The minimum Gasteiger partial charge on any atom is -0.506 e. The lowest BCUT2D eigenvalue weighted by atomic mass is 10.1. The Morgan fingerprint density at radius 2 is 2.15 bits per heavy atom. The second kappa shape index (κ2) is 2.10. The van der Waals surface area contributed by atoms with Crippen LogP contribution in [0, 0.1) is 0 Å². The first-order chi connectivity index (χ1) is 6.29. The number of rotatable bonds is 0. The fourth-order valence-corrected chi connectivity index (χ4v) is 1.87. The lowest BCUT2D eigenvalue weighted by molar-refractivity contribution is 0.476. The topological polar surface area (TPSA) is 44.3 Å². The highest BCUT2D eigenvalue weighted by molar-refractivity contribution is 5.78. The van der Waals surface area contributed by atoms with Crippen molar-refractivity contribution in [2.24, 2.45) is 0 Å². The molecule has 3 rings (SSSR count). The maximum absolute atomic E-state index is 9.54. The van der Waals surface area contributed by atoms with Gasteiger partial charge < -0.3 is 15.7 Å². The third-order valence-electron chi connectivity index (χ3n) is 2.90. The summed E-state index contributed by atoms with van der Waals surface area (Å²) in [6, 6.07) is 5.57. The van der Waals surface area contributed by atoms with E-state index in [1.807, 2.05) is 12.1 Å². The molecular formula is C10H12N2O. The van der Waals surface area contributed by atoms with E-state index in [4.69, 9.17) is 0 Å². The highest BCUT2D eigenvalue weighted by atomic mass is 16.3. The second-order valence-electron chi connectivity index (χ2n) is 3.96. The van der Waals surface area contributed by atoms with Gasteiger partial charge >= 0.3 is 0 Å². The zero-order chi connectivity index (χ0) is 8.89. The van der Waals surface area contributed by atoms with Gasteiger partial charge in [0.15, 0.2) is 0 Å². The van der Waals surface area contributed by atoms with Crippen LogP contribution >= 0.6 is 0 Å². The van der Waals surface area contributed by atoms with Crippen LogP contribution in [0.15, 0.2) is 18.2 Å². The monoisotopic (exact) mass is 176 g/mol. The van der Waals surface area contributed by atoms with E-state index in [-0.39, 0.29) is 0 Å². The van der Waals surface area contributed by atoms with Crippen LogP contribution in [-0.2, 0) is 0 Å². The maximum Gasteiger partial charge on any atom is 0.140 e. The molecule has 1 aromatic carbocycles. The SMILES string of the molecule is Oc1cccc2c1NCC1(CC1)N2. The van der Waals surface area contributed by atoms with Crippen LogP contribution in [0.4, 0.5) is 11.4 Å². The Morgan fingerprint density at radius 3 is 2.92 bits per heavy atom. The predicted molar refractivity (Wildman–Crippen MR) is 52.2 cm³/mol. The molecule has 1 spiro atoms. The number of para-hydroxylation sites is 1. The first kappa shape index (κ1) is 7.06. The Balaban J connectivity index is 2.05. The average Bonchev–Trinajstić information content (AvgIpc) is 2.85. The van der Waals surface area contributed by atoms with E-state index in [2.05, 4.69) is 10.6 Å². The van der Waals surface area contributed by atoms with Gasteiger partial charge in [0.1, 0.15) is 11.4 Å². The van der Waals surface area contributed by atoms with Crippen molar-refractivity contribution in [2.75, 3.05) is 17.2 Å². The quantitative estimate of drug-likeness (QED) is 0.528. The van der Waals surface area contributed by atoms with Gasteiger partial charge in [-0.25, -0.2) is 0 Å². The third kappa shape index (κ3) is 0.963. The van der Waals surface area contributed by atoms with Crippen LogP contribution in [0.3, 0.4) is 0 Å². The largest absolute Gasteiger partial charge is 0.506 e. The molecule has 3 N–H and O–H groups in total. The van der Waals surface area contributed by atoms with Gasteiger partial charge in [-0.05, 0) is 25.0 Å². The molecule has 0 aromatic heterocycles. The molecule has 3 nitrogen and oxygen atoms in total. The van der Waals surface area contributed by atoms with Crippen molar-refractivity contribution in [3.05, 3.63) is 18.2 Å². The van der Waals surface area contributed by atoms with E-state index in [9.17, 15) is 5.11 Å². The summed E-state index contributed by atoms with van der Waals surface area (Å²) in [5.74, 6) is 0.334. The fraction of sp³-hybridized carbons (Fsp3) is 0.400. The van der Waals surface area contributed by atoms with Crippen LogP contribution in [-0.4, -0.2) is 17.2 Å². The van der Waals surface area contributed by atoms with Gasteiger partial charge in [0.25, 0.3) is 0 Å². The van der Waals surface area contributed by atoms with Crippen LogP contribution in [0.1, 0.15) is 12.8 Å². The molecule has 1 aliphatic carbocycles. The third-order valence-corrected chi connectivity index (χ3v) is 2.90. The standard InChI is InChI=1S/C10H12N2O/c13-8-3-1-2-7-9(8)11-6-10(12-7)4-5-10/h1-3,11-13H,4-6H2. The molecule has 0 saturated heterocycles. The lowest BCUT2D eigenvalue weighted by Gasteiger charge is -2.28. The molecule has 0 amide bonds. The van der Waals surface area contributed by atoms with Gasteiger partial charge in [0.2, 0.25) is 0 Å². The number of aromatic hydroxyl groups is 1. The molecule has 1 fully saturated rings. The van der Waals surface area contributed by atoms with E-state index in [1.54, 1.807) is 6.07 Å². The summed E-state index contributed by atoms with van der Waals surface area (Å²) in [5.41, 5.74) is 2.17. The number of hydrogen-bond acceptors (Lipinski definition) is 3. The summed E-state index contributed by atoms with van der Waals surface area (Å²) in [5, 5.41) is 16.3. The number of hydrogen-bond donors (Lipinski definition) is 3. The van der Waals surface area contributed by atoms with Gasteiger partial charge in [-0.3, -0.25) is 0 Å². The molecule has 68 valence electrons. The van der Waals surface area contributed by atoms with E-state index in [1.165, 1.54) is 12.8 Å². The minimum atomic E-state index is 0.292. The molecule has 0 atom stereocenters. The van der Waals surface area contributed by atoms with Crippen LogP contribution in [0.5, 0.6) is 5.75 Å². The molecule has 0 radical (unpaired) electrons. The zero-order valence-corrected chi connectivity index (χ0v) is 7.30. The van der Waals surface area contributed by atoms with E-state index >= 15 is 0 Å². The zero-order valence-electron chi connectivity index (χ0n) is 7.30. The van der Waals surface area contributed by atoms with E-state index in [0.717, 1.165) is 17.9 Å². The minimum absolute atomic E-state index is 0.292. The number of anilines is 2. The fourth-order valence-electron chi connectivity index (χ4n) is 1.87. The molecule has 1 aromatic rings. The first-order valence-corrected chi connectivity index (χ1v) is 4.63. The van der Waals surface area contributed by atoms with Gasteiger partial charge in [0.05, 0.1) is 11.2 Å². The Labute approximate surface area is 76.8 Å². The Hall–Kier alpha value is -1.38. The molecule has 1 saturated carbocycles. The molecule has 0 bridgehead atoms. The van der Waals surface area contributed by atoms with Crippen LogP contribution in [0.25, 0.3) is 0 Å². The number of nitrogens with one attached hydrogen (secondary N) is 2. The second-order valence-corrected chi connectivity index (χ2v) is 3.96. The van der Waals surface area contributed by atoms with E-state index in [0.29, 0.717) is 11.3 Å². The van der Waals surface area contributed by atoms with Crippen LogP contribution < -0.4 is 10.6 Å². The van der Waals surface area contributed by atoms with Gasteiger partial charge in [0, 0.05) is 6.54 Å². The Morgan fingerprint density at radius 1 is 1.31 bits per heavy atom. The Bertz CT molecular complexity index is 358. The smallest absolute Gasteiger partial charge is 0.140 e. The van der Waals surface area contributed by atoms with Gasteiger partial charge in [-0.15, -0.1) is 0 Å².